The highest BCUT2D eigenvalue weighted by molar-refractivity contribution is 5.85. The Hall–Kier alpha value is -4.21. The largest absolute Gasteiger partial charge is 0.445 e. The lowest BCUT2D eigenvalue weighted by atomic mass is 10.1. The highest BCUT2D eigenvalue weighted by atomic mass is 16.5. The summed E-state index contributed by atoms with van der Waals surface area (Å²) in [5.74, 6) is -0.283. The van der Waals surface area contributed by atoms with Gasteiger partial charge in [0.05, 0.1) is 6.61 Å². The molecule has 0 bridgehead atoms. The third-order valence-corrected chi connectivity index (χ3v) is 7.32. The second-order valence-corrected chi connectivity index (χ2v) is 10.7. The molecular formula is C34H42N4O5. The number of nitrogens with zero attached hydrogens (tertiary/aromatic N) is 2. The minimum Gasteiger partial charge on any atom is -0.445 e. The second-order valence-electron chi connectivity index (χ2n) is 10.7. The predicted octanol–water partition coefficient (Wildman–Crippen LogP) is 4.13. The lowest BCUT2D eigenvalue weighted by molar-refractivity contribution is -0.135. The van der Waals surface area contributed by atoms with Crippen molar-refractivity contribution >= 4 is 17.9 Å². The van der Waals surface area contributed by atoms with Crippen LogP contribution in [-0.2, 0) is 38.8 Å². The number of amides is 3. The molecule has 1 saturated heterocycles. The molecule has 4 rings (SSSR count). The first-order chi connectivity index (χ1) is 21.1. The van der Waals surface area contributed by atoms with Gasteiger partial charge in [0.2, 0.25) is 11.8 Å². The Morgan fingerprint density at radius 1 is 0.721 bits per heavy atom. The second kappa shape index (κ2) is 17.7. The molecule has 1 atom stereocenters. The maximum Gasteiger partial charge on any atom is 0.408 e. The standard InChI is InChI=1S/C34H42N4O5/c39-32(27-42-25-29-14-6-2-7-15-29)35-19-11-10-18-31(36-34(41)43-26-30-16-8-3-9-17-30)33(40)38-22-20-37(21-23-38)24-28-12-4-1-5-13-28/h1-9,12-17,31H,10-11,18-27H2,(H,35,39)(H,36,41)/t31-/m1/s1. The summed E-state index contributed by atoms with van der Waals surface area (Å²) >= 11 is 0. The number of hydrogen-bond donors (Lipinski definition) is 2. The number of unbranched alkanes of at least 4 members (excludes halogenated alkanes) is 1. The van der Waals surface area contributed by atoms with E-state index in [0.29, 0.717) is 45.5 Å². The summed E-state index contributed by atoms with van der Waals surface area (Å²) < 4.78 is 10.9. The fourth-order valence-corrected chi connectivity index (χ4v) is 4.94. The van der Waals surface area contributed by atoms with Crippen LogP contribution in [0.15, 0.2) is 91.0 Å². The van der Waals surface area contributed by atoms with Gasteiger partial charge in [-0.15, -0.1) is 0 Å². The van der Waals surface area contributed by atoms with E-state index >= 15 is 0 Å². The van der Waals surface area contributed by atoms with Crippen molar-refractivity contribution < 1.29 is 23.9 Å². The van der Waals surface area contributed by atoms with Gasteiger partial charge in [-0.1, -0.05) is 91.0 Å². The summed E-state index contributed by atoms with van der Waals surface area (Å²) in [5, 5.41) is 5.67. The monoisotopic (exact) mass is 586 g/mol. The van der Waals surface area contributed by atoms with Gasteiger partial charge >= 0.3 is 6.09 Å². The van der Waals surface area contributed by atoms with E-state index in [1.165, 1.54) is 5.56 Å². The average Bonchev–Trinajstić information content (AvgIpc) is 3.04. The number of rotatable bonds is 15. The molecule has 0 aromatic heterocycles. The molecular weight excluding hydrogens is 544 g/mol. The Balaban J connectivity index is 1.21. The van der Waals surface area contributed by atoms with E-state index in [1.54, 1.807) is 0 Å². The lowest BCUT2D eigenvalue weighted by Crippen LogP contribution is -2.54. The molecule has 228 valence electrons. The van der Waals surface area contributed by atoms with Crippen LogP contribution in [0, 0.1) is 0 Å². The van der Waals surface area contributed by atoms with Gasteiger partial charge in [-0.25, -0.2) is 4.79 Å². The first-order valence-corrected chi connectivity index (χ1v) is 15.0. The lowest BCUT2D eigenvalue weighted by Gasteiger charge is -2.36. The van der Waals surface area contributed by atoms with Crippen molar-refractivity contribution in [3.8, 4) is 0 Å². The van der Waals surface area contributed by atoms with E-state index in [2.05, 4.69) is 27.7 Å². The molecule has 3 amide bonds. The van der Waals surface area contributed by atoms with Gasteiger partial charge in [-0.3, -0.25) is 14.5 Å². The molecule has 0 saturated carbocycles. The third-order valence-electron chi connectivity index (χ3n) is 7.32. The number of carbonyl (C=O) groups is 3. The summed E-state index contributed by atoms with van der Waals surface area (Å²) in [7, 11) is 0. The van der Waals surface area contributed by atoms with Gasteiger partial charge in [-0.2, -0.15) is 0 Å². The normalized spacial score (nSPS) is 14.1. The molecule has 1 aliphatic rings. The molecule has 9 nitrogen and oxygen atoms in total. The molecule has 3 aromatic carbocycles. The first kappa shape index (κ1) is 31.7. The van der Waals surface area contributed by atoms with E-state index in [1.807, 2.05) is 83.8 Å². The zero-order valence-corrected chi connectivity index (χ0v) is 24.7. The molecule has 9 heteroatoms. The van der Waals surface area contributed by atoms with Crippen LogP contribution in [0.5, 0.6) is 0 Å². The van der Waals surface area contributed by atoms with Crippen molar-refractivity contribution in [1.82, 2.24) is 20.4 Å². The highest BCUT2D eigenvalue weighted by Crippen LogP contribution is 2.12. The Bertz CT molecular complexity index is 1250. The highest BCUT2D eigenvalue weighted by Gasteiger charge is 2.29. The summed E-state index contributed by atoms with van der Waals surface area (Å²) in [4.78, 5) is 42.5. The minimum atomic E-state index is -0.700. The van der Waals surface area contributed by atoms with E-state index in [9.17, 15) is 14.4 Å². The summed E-state index contributed by atoms with van der Waals surface area (Å²) in [6.45, 7) is 4.54. The van der Waals surface area contributed by atoms with E-state index < -0.39 is 12.1 Å². The van der Waals surface area contributed by atoms with Gasteiger partial charge in [0, 0.05) is 39.3 Å². The number of nitrogens with one attached hydrogen (secondary N) is 2. The van der Waals surface area contributed by atoms with Crippen LogP contribution in [0.25, 0.3) is 0 Å². The fraction of sp³-hybridized carbons (Fsp3) is 0.382. The Morgan fingerprint density at radius 2 is 1.30 bits per heavy atom. The topological polar surface area (TPSA) is 100 Å². The molecule has 1 aliphatic heterocycles. The van der Waals surface area contributed by atoms with Crippen molar-refractivity contribution in [3.05, 3.63) is 108 Å². The molecule has 0 spiro atoms. The van der Waals surface area contributed by atoms with Gasteiger partial charge in [-0.05, 0) is 36.0 Å². The molecule has 2 N–H and O–H groups in total. The van der Waals surface area contributed by atoms with Crippen molar-refractivity contribution in [2.45, 2.75) is 45.1 Å². The smallest absolute Gasteiger partial charge is 0.408 e. The number of hydrogen-bond acceptors (Lipinski definition) is 6. The van der Waals surface area contributed by atoms with E-state index in [4.69, 9.17) is 9.47 Å². The molecule has 43 heavy (non-hydrogen) atoms. The Kier molecular flexibility index (Phi) is 13.0. The summed E-state index contributed by atoms with van der Waals surface area (Å²) in [6, 6.07) is 28.7. The van der Waals surface area contributed by atoms with Crippen molar-refractivity contribution in [3.63, 3.8) is 0 Å². The number of carbonyl (C=O) groups excluding carboxylic acids is 3. The van der Waals surface area contributed by atoms with Crippen LogP contribution >= 0.6 is 0 Å². The zero-order valence-electron chi connectivity index (χ0n) is 24.7. The van der Waals surface area contributed by atoms with Crippen LogP contribution in [0.3, 0.4) is 0 Å². The van der Waals surface area contributed by atoms with E-state index in [0.717, 1.165) is 30.8 Å². The number of benzene rings is 3. The number of ether oxygens (including phenoxy) is 2. The third kappa shape index (κ3) is 11.5. The molecule has 0 radical (unpaired) electrons. The van der Waals surface area contributed by atoms with Gasteiger partial charge in [0.25, 0.3) is 0 Å². The number of alkyl carbamates (subject to hydrolysis) is 1. The van der Waals surface area contributed by atoms with Crippen molar-refractivity contribution in [2.24, 2.45) is 0 Å². The zero-order chi connectivity index (χ0) is 30.1. The minimum absolute atomic E-state index is 0.0128. The Morgan fingerprint density at radius 3 is 1.93 bits per heavy atom. The average molecular weight is 587 g/mol. The van der Waals surface area contributed by atoms with Gasteiger partial charge in [0.15, 0.2) is 0 Å². The van der Waals surface area contributed by atoms with Crippen LogP contribution in [0.1, 0.15) is 36.0 Å². The first-order valence-electron chi connectivity index (χ1n) is 15.0. The quantitative estimate of drug-likeness (QED) is 0.260. The predicted molar refractivity (Wildman–Crippen MR) is 165 cm³/mol. The number of piperazine rings is 1. The Labute approximate surface area is 254 Å². The van der Waals surface area contributed by atoms with Crippen molar-refractivity contribution in [1.29, 1.82) is 0 Å². The van der Waals surface area contributed by atoms with Crippen molar-refractivity contribution in [2.75, 3.05) is 39.3 Å². The fourth-order valence-electron chi connectivity index (χ4n) is 4.94. The van der Waals surface area contributed by atoms with Crippen LogP contribution in [0.2, 0.25) is 0 Å². The van der Waals surface area contributed by atoms with Gasteiger partial charge in [0.1, 0.15) is 19.3 Å². The maximum absolute atomic E-state index is 13.5. The molecule has 3 aromatic rings. The molecule has 1 fully saturated rings. The summed E-state index contributed by atoms with van der Waals surface area (Å²) in [5.41, 5.74) is 3.13. The molecule has 0 unspecified atom stereocenters. The van der Waals surface area contributed by atoms with Crippen LogP contribution in [-0.4, -0.2) is 73.1 Å². The van der Waals surface area contributed by atoms with Crippen LogP contribution < -0.4 is 10.6 Å². The molecule has 0 aliphatic carbocycles. The van der Waals surface area contributed by atoms with Gasteiger partial charge < -0.3 is 25.0 Å². The van der Waals surface area contributed by atoms with Crippen LogP contribution in [0.4, 0.5) is 4.79 Å². The summed E-state index contributed by atoms with van der Waals surface area (Å²) in [6.07, 6.45) is 1.15. The SMILES string of the molecule is O=C(COCc1ccccc1)NCCCC[C@@H](NC(=O)OCc1ccccc1)C(=O)N1CCN(Cc2ccccc2)CC1. The maximum atomic E-state index is 13.5. The van der Waals surface area contributed by atoms with E-state index in [-0.39, 0.29) is 25.0 Å². The molecule has 1 heterocycles.